The van der Waals surface area contributed by atoms with Gasteiger partial charge in [-0.3, -0.25) is 4.90 Å². The largest absolute Gasteiger partial charge is 0.464 e. The van der Waals surface area contributed by atoms with Crippen molar-refractivity contribution in [1.29, 1.82) is 0 Å². The summed E-state index contributed by atoms with van der Waals surface area (Å²) in [6.07, 6.45) is 10.8. The maximum Gasteiger partial charge on any atom is 0.410 e. The quantitative estimate of drug-likeness (QED) is 0.326. The normalized spacial score (nSPS) is 17.1. The minimum Gasteiger partial charge on any atom is -0.464 e. The average molecular weight is 325 g/mol. The van der Waals surface area contributed by atoms with E-state index in [2.05, 4.69) is 13.5 Å². The van der Waals surface area contributed by atoms with Crippen LogP contribution in [0.25, 0.3) is 0 Å². The first kappa shape index (κ1) is 19.5. The first-order valence-corrected chi connectivity index (χ1v) is 8.91. The van der Waals surface area contributed by atoms with Crippen LogP contribution in [0.15, 0.2) is 12.7 Å². The highest BCUT2D eigenvalue weighted by atomic mass is 16.6. The third-order valence-corrected chi connectivity index (χ3v) is 4.08. The van der Waals surface area contributed by atoms with Gasteiger partial charge in [0.1, 0.15) is 12.6 Å². The Bertz CT molecular complexity index is 370. The Morgan fingerprint density at radius 2 is 1.83 bits per heavy atom. The molecule has 0 saturated carbocycles. The van der Waals surface area contributed by atoms with E-state index >= 15 is 0 Å². The molecule has 0 spiro atoms. The number of rotatable bonds is 11. The van der Waals surface area contributed by atoms with Crippen LogP contribution in [-0.4, -0.2) is 42.8 Å². The summed E-state index contributed by atoms with van der Waals surface area (Å²) in [5.41, 5.74) is 0. The Kier molecular flexibility index (Phi) is 10.2. The summed E-state index contributed by atoms with van der Waals surface area (Å²) in [6, 6.07) is -0.489. The van der Waals surface area contributed by atoms with E-state index in [-0.39, 0.29) is 12.6 Å². The average Bonchev–Trinajstić information content (AvgIpc) is 3.04. The summed E-state index contributed by atoms with van der Waals surface area (Å²) >= 11 is 0. The van der Waals surface area contributed by atoms with Gasteiger partial charge < -0.3 is 9.47 Å². The second kappa shape index (κ2) is 12.0. The van der Waals surface area contributed by atoms with Crippen molar-refractivity contribution < 1.29 is 19.1 Å². The molecule has 1 saturated heterocycles. The molecule has 0 radical (unpaired) electrons. The van der Waals surface area contributed by atoms with Crippen molar-refractivity contribution in [2.75, 3.05) is 19.8 Å². The van der Waals surface area contributed by atoms with E-state index in [4.69, 9.17) is 9.47 Å². The first-order chi connectivity index (χ1) is 11.2. The van der Waals surface area contributed by atoms with Crippen molar-refractivity contribution in [3.63, 3.8) is 0 Å². The summed E-state index contributed by atoms with van der Waals surface area (Å²) in [4.78, 5) is 25.5. The predicted octanol–water partition coefficient (Wildman–Crippen LogP) is 4.07. The molecule has 0 aliphatic carbocycles. The van der Waals surface area contributed by atoms with Crippen LogP contribution in [0.2, 0.25) is 0 Å². The Balaban J connectivity index is 2.17. The van der Waals surface area contributed by atoms with Gasteiger partial charge in [0, 0.05) is 6.54 Å². The maximum atomic E-state index is 12.1. The molecule has 5 nitrogen and oxygen atoms in total. The van der Waals surface area contributed by atoms with Gasteiger partial charge in [-0.05, 0) is 19.3 Å². The van der Waals surface area contributed by atoms with Crippen LogP contribution in [0.1, 0.15) is 64.7 Å². The van der Waals surface area contributed by atoms with E-state index in [1.54, 1.807) is 0 Å². The third-order valence-electron chi connectivity index (χ3n) is 4.08. The number of nitrogens with zero attached hydrogens (tertiary/aromatic N) is 1. The molecule has 5 heteroatoms. The number of amides is 1. The number of hydrogen-bond donors (Lipinski definition) is 0. The van der Waals surface area contributed by atoms with Crippen LogP contribution in [0.4, 0.5) is 4.79 Å². The SMILES string of the molecule is C=CCOC(=O)N1CCC[C@H]1C(=O)OCCCCCCCCC. The monoisotopic (exact) mass is 325 g/mol. The van der Waals surface area contributed by atoms with E-state index in [0.717, 1.165) is 19.3 Å². The van der Waals surface area contributed by atoms with E-state index in [0.29, 0.717) is 19.6 Å². The zero-order valence-corrected chi connectivity index (χ0v) is 14.4. The highest BCUT2D eigenvalue weighted by molar-refractivity contribution is 5.82. The zero-order valence-electron chi connectivity index (χ0n) is 14.4. The highest BCUT2D eigenvalue weighted by Crippen LogP contribution is 2.19. The van der Waals surface area contributed by atoms with Crippen LogP contribution in [0, 0.1) is 0 Å². The number of hydrogen-bond acceptors (Lipinski definition) is 4. The lowest BCUT2D eigenvalue weighted by Gasteiger charge is -2.22. The Hall–Kier alpha value is -1.52. The Morgan fingerprint density at radius 3 is 2.52 bits per heavy atom. The molecule has 0 aromatic rings. The lowest BCUT2D eigenvalue weighted by molar-refractivity contribution is -0.148. The van der Waals surface area contributed by atoms with Crippen molar-refractivity contribution >= 4 is 12.1 Å². The molecule has 23 heavy (non-hydrogen) atoms. The highest BCUT2D eigenvalue weighted by Gasteiger charge is 2.36. The Labute approximate surface area is 140 Å². The van der Waals surface area contributed by atoms with Crippen molar-refractivity contribution in [1.82, 2.24) is 4.90 Å². The van der Waals surface area contributed by atoms with Crippen LogP contribution in [0.5, 0.6) is 0 Å². The molecule has 0 bridgehead atoms. The number of unbranched alkanes of at least 4 members (excludes halogenated alkanes) is 6. The predicted molar refractivity (Wildman–Crippen MR) is 90.2 cm³/mol. The van der Waals surface area contributed by atoms with Crippen molar-refractivity contribution in [2.24, 2.45) is 0 Å². The fraction of sp³-hybridized carbons (Fsp3) is 0.778. The van der Waals surface area contributed by atoms with Gasteiger partial charge in [0.2, 0.25) is 0 Å². The molecule has 0 unspecified atom stereocenters. The number of esters is 1. The van der Waals surface area contributed by atoms with E-state index in [1.807, 2.05) is 0 Å². The summed E-state index contributed by atoms with van der Waals surface area (Å²) in [6.45, 7) is 6.87. The van der Waals surface area contributed by atoms with E-state index in [9.17, 15) is 9.59 Å². The third kappa shape index (κ3) is 7.53. The van der Waals surface area contributed by atoms with Crippen LogP contribution < -0.4 is 0 Å². The molecule has 0 N–H and O–H groups in total. The fourth-order valence-electron chi connectivity index (χ4n) is 2.77. The summed E-state index contributed by atoms with van der Waals surface area (Å²) in [5, 5.41) is 0. The van der Waals surface area contributed by atoms with Gasteiger partial charge >= 0.3 is 12.1 Å². The van der Waals surface area contributed by atoms with Gasteiger partial charge in [-0.15, -0.1) is 0 Å². The molecular weight excluding hydrogens is 294 g/mol. The smallest absolute Gasteiger partial charge is 0.410 e. The summed E-state index contributed by atoms with van der Waals surface area (Å²) < 4.78 is 10.3. The molecule has 1 aliphatic heterocycles. The van der Waals surface area contributed by atoms with Gasteiger partial charge in [0.25, 0.3) is 0 Å². The Morgan fingerprint density at radius 1 is 1.13 bits per heavy atom. The second-order valence-electron chi connectivity index (χ2n) is 6.01. The lowest BCUT2D eigenvalue weighted by atomic mass is 10.1. The number of ether oxygens (including phenoxy) is 2. The van der Waals surface area contributed by atoms with Gasteiger partial charge in [-0.2, -0.15) is 0 Å². The molecule has 1 atom stereocenters. The van der Waals surface area contributed by atoms with E-state index in [1.165, 1.54) is 43.1 Å². The molecule has 1 fully saturated rings. The number of carbonyl (C=O) groups is 2. The van der Waals surface area contributed by atoms with Crippen molar-refractivity contribution in [3.05, 3.63) is 12.7 Å². The van der Waals surface area contributed by atoms with Gasteiger partial charge in [0.05, 0.1) is 6.61 Å². The molecule has 1 heterocycles. The lowest BCUT2D eigenvalue weighted by Crippen LogP contribution is -2.41. The van der Waals surface area contributed by atoms with Crippen molar-refractivity contribution in [2.45, 2.75) is 70.8 Å². The minimum atomic E-state index is -0.489. The first-order valence-electron chi connectivity index (χ1n) is 8.91. The van der Waals surface area contributed by atoms with Crippen molar-refractivity contribution in [3.8, 4) is 0 Å². The van der Waals surface area contributed by atoms with Gasteiger partial charge in [-0.1, -0.05) is 58.1 Å². The zero-order chi connectivity index (χ0) is 16.9. The molecular formula is C18H31NO4. The molecule has 1 aliphatic rings. The maximum absolute atomic E-state index is 12.1. The van der Waals surface area contributed by atoms with Crippen LogP contribution in [-0.2, 0) is 14.3 Å². The van der Waals surface area contributed by atoms with Crippen LogP contribution >= 0.6 is 0 Å². The van der Waals surface area contributed by atoms with E-state index < -0.39 is 12.1 Å². The van der Waals surface area contributed by atoms with Gasteiger partial charge in [-0.25, -0.2) is 9.59 Å². The van der Waals surface area contributed by atoms with Crippen LogP contribution in [0.3, 0.4) is 0 Å². The number of carbonyl (C=O) groups excluding carboxylic acids is 2. The molecule has 0 aromatic carbocycles. The molecule has 1 rings (SSSR count). The molecule has 1 amide bonds. The topological polar surface area (TPSA) is 55.8 Å². The fourth-order valence-corrected chi connectivity index (χ4v) is 2.77. The summed E-state index contributed by atoms with van der Waals surface area (Å²) in [5.74, 6) is -0.302. The standard InChI is InChI=1S/C18H31NO4/c1-3-5-6-7-8-9-10-15-22-17(20)16-12-11-13-19(16)18(21)23-14-4-2/h4,16H,2-3,5-15H2,1H3/t16-/m0/s1. The molecule has 132 valence electrons. The second-order valence-corrected chi connectivity index (χ2v) is 6.01. The summed E-state index contributed by atoms with van der Waals surface area (Å²) in [7, 11) is 0. The van der Waals surface area contributed by atoms with Gasteiger partial charge in [0.15, 0.2) is 0 Å². The molecule has 0 aromatic heterocycles. The number of likely N-dealkylation sites (tertiary alicyclic amines) is 1. The minimum absolute atomic E-state index is 0.162.